The topological polar surface area (TPSA) is 112 Å². The average molecular weight is 519 g/mol. The maximum atomic E-state index is 12.3. The van der Waals surface area contributed by atoms with E-state index in [1.54, 1.807) is 29.4 Å². The SMILES string of the molecule is Cc1cc(-c2ccc3nc(Nc4cc(SN5CCN(C(=O)OC(C)(C)C)CC5)ccn4)[nH]c3c2)ncn1. The van der Waals surface area contributed by atoms with Crippen molar-refractivity contribution in [2.75, 3.05) is 31.5 Å². The number of pyridine rings is 1. The lowest BCUT2D eigenvalue weighted by Gasteiger charge is -2.34. The second-order valence-corrected chi connectivity index (χ2v) is 11.0. The first-order valence-corrected chi connectivity index (χ1v) is 12.9. The van der Waals surface area contributed by atoms with Gasteiger partial charge in [0.1, 0.15) is 17.7 Å². The molecule has 1 aliphatic heterocycles. The summed E-state index contributed by atoms with van der Waals surface area (Å²) in [7, 11) is 0. The summed E-state index contributed by atoms with van der Waals surface area (Å²) in [6.07, 6.45) is 3.10. The molecule has 0 saturated carbocycles. The Bertz CT molecular complexity index is 1410. The molecule has 1 aromatic carbocycles. The van der Waals surface area contributed by atoms with Crippen molar-refractivity contribution in [3.8, 4) is 11.3 Å². The molecule has 2 N–H and O–H groups in total. The average Bonchev–Trinajstić information content (AvgIpc) is 3.25. The Labute approximate surface area is 220 Å². The van der Waals surface area contributed by atoms with Gasteiger partial charge in [0.2, 0.25) is 5.95 Å². The Morgan fingerprint density at radius 1 is 1.05 bits per heavy atom. The van der Waals surface area contributed by atoms with Gasteiger partial charge in [0, 0.05) is 48.5 Å². The number of piperazine rings is 1. The van der Waals surface area contributed by atoms with Crippen LogP contribution in [0.4, 0.5) is 16.6 Å². The fourth-order valence-electron chi connectivity index (χ4n) is 3.94. The van der Waals surface area contributed by atoms with Crippen LogP contribution < -0.4 is 5.32 Å². The van der Waals surface area contributed by atoms with Crippen LogP contribution >= 0.6 is 11.9 Å². The molecule has 3 aromatic heterocycles. The number of fused-ring (bicyclic) bond motifs is 1. The van der Waals surface area contributed by atoms with Crippen molar-refractivity contribution < 1.29 is 9.53 Å². The standard InChI is InChI=1S/C26H30N8O2S/c1-17-13-21(29-16-28-17)18-5-6-20-22(14-18)31-24(30-20)32-23-15-19(7-8-27-23)37-34-11-9-33(10-12-34)25(35)36-26(2,3)4/h5-8,13-16H,9-12H2,1-4H3,(H2,27,30,31,32). The van der Waals surface area contributed by atoms with Crippen LogP contribution in [0.1, 0.15) is 26.5 Å². The van der Waals surface area contributed by atoms with Gasteiger partial charge in [-0.3, -0.25) is 0 Å². The van der Waals surface area contributed by atoms with Crippen LogP contribution in [0, 0.1) is 6.92 Å². The van der Waals surface area contributed by atoms with E-state index in [2.05, 4.69) is 34.5 Å². The lowest BCUT2D eigenvalue weighted by Crippen LogP contribution is -2.47. The van der Waals surface area contributed by atoms with Crippen LogP contribution in [0.25, 0.3) is 22.3 Å². The Morgan fingerprint density at radius 3 is 2.62 bits per heavy atom. The number of aromatic nitrogens is 5. The number of nitrogens with one attached hydrogen (secondary N) is 2. The van der Waals surface area contributed by atoms with Crippen LogP contribution in [0.15, 0.2) is 53.8 Å². The predicted octanol–water partition coefficient (Wildman–Crippen LogP) is 5.03. The minimum absolute atomic E-state index is 0.252. The molecule has 0 aliphatic carbocycles. The fourth-order valence-corrected chi connectivity index (χ4v) is 4.87. The smallest absolute Gasteiger partial charge is 0.410 e. The summed E-state index contributed by atoms with van der Waals surface area (Å²) >= 11 is 1.65. The summed E-state index contributed by atoms with van der Waals surface area (Å²) in [6, 6.07) is 11.9. The van der Waals surface area contributed by atoms with Crippen molar-refractivity contribution in [2.24, 2.45) is 0 Å². The summed E-state index contributed by atoms with van der Waals surface area (Å²) in [6.45, 7) is 10.4. The fraction of sp³-hybridized carbons (Fsp3) is 0.346. The highest BCUT2D eigenvalue weighted by Gasteiger charge is 2.26. The maximum absolute atomic E-state index is 12.3. The van der Waals surface area contributed by atoms with E-state index in [-0.39, 0.29) is 6.09 Å². The van der Waals surface area contributed by atoms with E-state index in [1.807, 2.05) is 64.1 Å². The molecule has 1 amide bonds. The van der Waals surface area contributed by atoms with Crippen molar-refractivity contribution in [1.82, 2.24) is 34.1 Å². The summed E-state index contributed by atoms with van der Waals surface area (Å²) in [5.74, 6) is 1.31. The van der Waals surface area contributed by atoms with Crippen molar-refractivity contribution in [3.63, 3.8) is 0 Å². The molecule has 10 nitrogen and oxygen atoms in total. The Hall–Kier alpha value is -3.70. The molecular formula is C26H30N8O2S. The molecule has 11 heteroatoms. The van der Waals surface area contributed by atoms with E-state index >= 15 is 0 Å². The number of ether oxygens (including phenoxy) is 1. The van der Waals surface area contributed by atoms with E-state index in [9.17, 15) is 4.79 Å². The number of nitrogens with zero attached hydrogens (tertiary/aromatic N) is 6. The summed E-state index contributed by atoms with van der Waals surface area (Å²) in [5, 5.41) is 3.28. The summed E-state index contributed by atoms with van der Waals surface area (Å²) in [5.41, 5.74) is 4.07. The number of anilines is 2. The Kier molecular flexibility index (Phi) is 6.98. The van der Waals surface area contributed by atoms with Crippen LogP contribution in [0.5, 0.6) is 0 Å². The molecule has 1 saturated heterocycles. The number of imidazole rings is 1. The van der Waals surface area contributed by atoms with Gasteiger partial charge in [-0.2, -0.15) is 0 Å². The normalized spacial score (nSPS) is 14.6. The van der Waals surface area contributed by atoms with Gasteiger partial charge < -0.3 is 19.9 Å². The molecule has 1 aliphatic rings. The highest BCUT2D eigenvalue weighted by atomic mass is 32.2. The third kappa shape index (κ3) is 6.36. The van der Waals surface area contributed by atoms with Crippen molar-refractivity contribution in [2.45, 2.75) is 38.2 Å². The molecule has 4 aromatic rings. The molecule has 5 rings (SSSR count). The first-order chi connectivity index (χ1) is 17.7. The van der Waals surface area contributed by atoms with E-state index in [1.165, 1.54) is 0 Å². The Morgan fingerprint density at radius 2 is 1.86 bits per heavy atom. The number of carbonyl (C=O) groups is 1. The van der Waals surface area contributed by atoms with E-state index < -0.39 is 5.60 Å². The zero-order valence-electron chi connectivity index (χ0n) is 21.4. The lowest BCUT2D eigenvalue weighted by atomic mass is 10.1. The van der Waals surface area contributed by atoms with Crippen LogP contribution in [-0.4, -0.2) is 72.0 Å². The maximum Gasteiger partial charge on any atom is 0.410 e. The number of aryl methyl sites for hydroxylation is 1. The third-order valence-corrected chi connectivity index (χ3v) is 6.77. The largest absolute Gasteiger partial charge is 0.444 e. The third-order valence-electron chi connectivity index (χ3n) is 5.68. The predicted molar refractivity (Wildman–Crippen MR) is 145 cm³/mol. The number of rotatable bonds is 5. The monoisotopic (exact) mass is 518 g/mol. The van der Waals surface area contributed by atoms with E-state index in [4.69, 9.17) is 4.74 Å². The number of amides is 1. The second kappa shape index (κ2) is 10.3. The molecule has 192 valence electrons. The molecular weight excluding hydrogens is 488 g/mol. The quantitative estimate of drug-likeness (QED) is 0.351. The van der Waals surface area contributed by atoms with Crippen molar-refractivity contribution in [3.05, 3.63) is 54.6 Å². The molecule has 0 unspecified atom stereocenters. The van der Waals surface area contributed by atoms with Crippen LogP contribution in [-0.2, 0) is 4.74 Å². The highest BCUT2D eigenvalue weighted by molar-refractivity contribution is 7.97. The van der Waals surface area contributed by atoms with Crippen molar-refractivity contribution in [1.29, 1.82) is 0 Å². The number of benzene rings is 1. The second-order valence-electron chi connectivity index (χ2n) is 9.85. The van der Waals surface area contributed by atoms with Crippen molar-refractivity contribution >= 4 is 40.8 Å². The number of hydrogen-bond acceptors (Lipinski definition) is 9. The molecule has 0 spiro atoms. The molecule has 4 heterocycles. The van der Waals surface area contributed by atoms with E-state index in [0.29, 0.717) is 24.9 Å². The number of aromatic amines is 1. The molecule has 37 heavy (non-hydrogen) atoms. The zero-order valence-corrected chi connectivity index (χ0v) is 22.2. The highest BCUT2D eigenvalue weighted by Crippen LogP contribution is 2.28. The van der Waals surface area contributed by atoms with Gasteiger partial charge in [-0.05, 0) is 70.0 Å². The van der Waals surface area contributed by atoms with Gasteiger partial charge >= 0.3 is 6.09 Å². The van der Waals surface area contributed by atoms with Gasteiger partial charge in [-0.1, -0.05) is 6.07 Å². The van der Waals surface area contributed by atoms with E-state index in [0.717, 1.165) is 46.0 Å². The van der Waals surface area contributed by atoms with Crippen LogP contribution in [0.2, 0.25) is 0 Å². The van der Waals surface area contributed by atoms with Gasteiger partial charge in [-0.15, -0.1) is 0 Å². The molecule has 0 bridgehead atoms. The van der Waals surface area contributed by atoms with Gasteiger partial charge in [0.15, 0.2) is 0 Å². The first-order valence-electron chi connectivity index (χ1n) is 12.1. The first kappa shape index (κ1) is 25.0. The number of hydrogen-bond donors (Lipinski definition) is 2. The zero-order chi connectivity index (χ0) is 26.0. The molecule has 0 atom stereocenters. The summed E-state index contributed by atoms with van der Waals surface area (Å²) < 4.78 is 7.74. The van der Waals surface area contributed by atoms with Gasteiger partial charge in [0.25, 0.3) is 0 Å². The minimum atomic E-state index is -0.485. The molecule has 0 radical (unpaired) electrons. The molecule has 1 fully saturated rings. The Balaban J connectivity index is 1.21. The van der Waals surface area contributed by atoms with Gasteiger partial charge in [-0.25, -0.2) is 29.0 Å². The summed E-state index contributed by atoms with van der Waals surface area (Å²) in [4.78, 5) is 36.1. The van der Waals surface area contributed by atoms with Gasteiger partial charge in [0.05, 0.1) is 16.7 Å². The minimum Gasteiger partial charge on any atom is -0.444 e. The van der Waals surface area contributed by atoms with Crippen LogP contribution in [0.3, 0.4) is 0 Å². The number of H-pyrrole nitrogens is 1. The lowest BCUT2D eigenvalue weighted by molar-refractivity contribution is 0.0197. The number of carbonyl (C=O) groups excluding carboxylic acids is 1.